The Morgan fingerprint density at radius 3 is 2.89 bits per heavy atom. The molecule has 0 atom stereocenters. The van der Waals surface area contributed by atoms with E-state index in [2.05, 4.69) is 13.0 Å². The Morgan fingerprint density at radius 2 is 2.33 bits per heavy atom. The molecule has 0 unspecified atom stereocenters. The Kier molecular flexibility index (Phi) is 2.62. The van der Waals surface area contributed by atoms with Gasteiger partial charge in [0.2, 0.25) is 0 Å². The fraction of sp³-hybridized carbons (Fsp3) is 0.750. The third-order valence-corrected chi connectivity index (χ3v) is 1.49. The smallest absolute Gasteiger partial charge is 0.145 e. The molecule has 1 rings (SSSR count). The molecule has 0 aromatic rings. The Morgan fingerprint density at radius 1 is 1.56 bits per heavy atom. The number of unbranched alkanes of at least 4 members (excludes halogenated alkanes) is 3. The monoisotopic (exact) mass is 126 g/mol. The number of ether oxygens (including phenoxy) is 1. The molecule has 0 saturated carbocycles. The van der Waals surface area contributed by atoms with Gasteiger partial charge in [0.05, 0.1) is 0 Å². The van der Waals surface area contributed by atoms with E-state index in [-0.39, 0.29) is 0 Å². The van der Waals surface area contributed by atoms with Gasteiger partial charge in [-0.3, -0.25) is 0 Å². The molecule has 1 fully saturated rings. The first kappa shape index (κ1) is 6.66. The molecular weight excluding hydrogens is 112 g/mol. The zero-order valence-electron chi connectivity index (χ0n) is 6.02. The van der Waals surface area contributed by atoms with Gasteiger partial charge < -0.3 is 4.74 Å². The maximum Gasteiger partial charge on any atom is 0.145 e. The maximum atomic E-state index is 4.95. The molecule has 9 heavy (non-hydrogen) atoms. The van der Waals surface area contributed by atoms with Crippen LogP contribution in [0.2, 0.25) is 0 Å². The van der Waals surface area contributed by atoms with Gasteiger partial charge in [-0.1, -0.05) is 19.8 Å². The van der Waals surface area contributed by atoms with Crippen LogP contribution in [-0.4, -0.2) is 6.61 Å². The van der Waals surface area contributed by atoms with E-state index >= 15 is 0 Å². The van der Waals surface area contributed by atoms with Crippen LogP contribution in [0.5, 0.6) is 0 Å². The van der Waals surface area contributed by atoms with Crippen molar-refractivity contribution in [3.05, 3.63) is 11.8 Å². The summed E-state index contributed by atoms with van der Waals surface area (Å²) in [6.45, 7) is 3.12. The van der Waals surface area contributed by atoms with Gasteiger partial charge in [-0.25, -0.2) is 0 Å². The summed E-state index contributed by atoms with van der Waals surface area (Å²) in [6, 6.07) is 0. The van der Waals surface area contributed by atoms with E-state index < -0.39 is 0 Å². The molecule has 52 valence electrons. The fourth-order valence-corrected chi connectivity index (χ4v) is 0.817. The summed E-state index contributed by atoms with van der Waals surface area (Å²) in [4.78, 5) is 0. The van der Waals surface area contributed by atoms with E-state index in [0.29, 0.717) is 0 Å². The van der Waals surface area contributed by atoms with Crippen LogP contribution in [0.4, 0.5) is 0 Å². The molecule has 0 bridgehead atoms. The van der Waals surface area contributed by atoms with E-state index in [1.54, 1.807) is 0 Å². The van der Waals surface area contributed by atoms with E-state index in [0.717, 1.165) is 6.61 Å². The quantitative estimate of drug-likeness (QED) is 0.416. The minimum Gasteiger partial charge on any atom is -0.487 e. The highest BCUT2D eigenvalue weighted by molar-refractivity contribution is 5.03. The molecule has 0 N–H and O–H groups in total. The first-order valence-corrected chi connectivity index (χ1v) is 3.75. The molecule has 1 saturated heterocycles. The molecule has 0 radical (unpaired) electrons. The highest BCUT2D eigenvalue weighted by atomic mass is 16.6. The van der Waals surface area contributed by atoms with E-state index in [9.17, 15) is 0 Å². The van der Waals surface area contributed by atoms with E-state index in [1.807, 2.05) is 0 Å². The average molecular weight is 126 g/mol. The average Bonchev–Trinajstić information content (AvgIpc) is 2.63. The number of rotatable bonds is 4. The summed E-state index contributed by atoms with van der Waals surface area (Å²) in [5, 5.41) is 0. The summed E-state index contributed by atoms with van der Waals surface area (Å²) >= 11 is 0. The number of hydrogen-bond acceptors (Lipinski definition) is 1. The van der Waals surface area contributed by atoms with Crippen LogP contribution in [0.1, 0.15) is 32.6 Å². The summed E-state index contributed by atoms with van der Waals surface area (Å²) in [5.74, 6) is 1.20. The number of epoxide rings is 1. The highest BCUT2D eigenvalue weighted by Gasteiger charge is 2.10. The normalized spacial score (nSPS) is 19.9. The molecule has 0 spiro atoms. The molecule has 1 nitrogen and oxygen atoms in total. The van der Waals surface area contributed by atoms with Crippen molar-refractivity contribution >= 4 is 0 Å². The zero-order chi connectivity index (χ0) is 6.53. The second-order valence-electron chi connectivity index (χ2n) is 2.45. The SMILES string of the molecule is CCCCCC=C1CO1. The Bertz CT molecular complexity index is 99.1. The largest absolute Gasteiger partial charge is 0.487 e. The van der Waals surface area contributed by atoms with Crippen LogP contribution in [0.15, 0.2) is 11.8 Å². The molecule has 0 amide bonds. The summed E-state index contributed by atoms with van der Waals surface area (Å²) in [7, 11) is 0. The van der Waals surface area contributed by atoms with Crippen LogP contribution in [0.25, 0.3) is 0 Å². The van der Waals surface area contributed by atoms with Crippen LogP contribution >= 0.6 is 0 Å². The lowest BCUT2D eigenvalue weighted by Gasteiger charge is -1.88. The summed E-state index contributed by atoms with van der Waals surface area (Å²) in [6.07, 6.45) is 7.40. The van der Waals surface area contributed by atoms with Gasteiger partial charge >= 0.3 is 0 Å². The highest BCUT2D eigenvalue weighted by Crippen LogP contribution is 2.15. The Labute approximate surface area is 56.7 Å². The van der Waals surface area contributed by atoms with E-state index in [1.165, 1.54) is 31.4 Å². The number of allylic oxidation sites excluding steroid dienone is 1. The van der Waals surface area contributed by atoms with Gasteiger partial charge in [-0.05, 0) is 18.9 Å². The molecule has 1 heteroatoms. The van der Waals surface area contributed by atoms with Crippen LogP contribution < -0.4 is 0 Å². The van der Waals surface area contributed by atoms with Crippen molar-refractivity contribution < 1.29 is 4.74 Å². The molecule has 0 aromatic heterocycles. The lowest BCUT2D eigenvalue weighted by Crippen LogP contribution is -1.69. The lowest BCUT2D eigenvalue weighted by atomic mass is 10.2. The predicted molar refractivity (Wildman–Crippen MR) is 38.2 cm³/mol. The Hall–Kier alpha value is -0.460. The standard InChI is InChI=1S/C8H14O/c1-2-3-4-5-6-8-7-9-8/h6H,2-5,7H2,1H3. The second-order valence-corrected chi connectivity index (χ2v) is 2.45. The van der Waals surface area contributed by atoms with Gasteiger partial charge in [0.15, 0.2) is 0 Å². The van der Waals surface area contributed by atoms with Gasteiger partial charge in [-0.15, -0.1) is 0 Å². The van der Waals surface area contributed by atoms with Crippen molar-refractivity contribution in [3.8, 4) is 0 Å². The van der Waals surface area contributed by atoms with Crippen LogP contribution in [-0.2, 0) is 4.74 Å². The lowest BCUT2D eigenvalue weighted by molar-refractivity contribution is 0.508. The van der Waals surface area contributed by atoms with Gasteiger partial charge in [0.25, 0.3) is 0 Å². The van der Waals surface area contributed by atoms with E-state index in [4.69, 9.17) is 4.74 Å². The van der Waals surface area contributed by atoms with Crippen LogP contribution in [0.3, 0.4) is 0 Å². The second kappa shape index (κ2) is 3.54. The first-order chi connectivity index (χ1) is 4.43. The van der Waals surface area contributed by atoms with Crippen LogP contribution in [0, 0.1) is 0 Å². The van der Waals surface area contributed by atoms with Crippen molar-refractivity contribution in [2.75, 3.05) is 6.61 Å². The maximum absolute atomic E-state index is 4.95. The minimum absolute atomic E-state index is 0.895. The van der Waals surface area contributed by atoms with Gasteiger partial charge in [-0.2, -0.15) is 0 Å². The topological polar surface area (TPSA) is 12.5 Å². The molecule has 1 heterocycles. The first-order valence-electron chi connectivity index (χ1n) is 3.75. The van der Waals surface area contributed by atoms with Gasteiger partial charge in [0.1, 0.15) is 12.4 Å². The summed E-state index contributed by atoms with van der Waals surface area (Å²) < 4.78 is 4.95. The third kappa shape index (κ3) is 3.17. The molecular formula is C8H14O. The van der Waals surface area contributed by atoms with Crippen molar-refractivity contribution in [2.45, 2.75) is 32.6 Å². The predicted octanol–water partition coefficient (Wildman–Crippen LogP) is 2.48. The molecule has 0 aliphatic carbocycles. The Balaban J connectivity index is 1.87. The zero-order valence-corrected chi connectivity index (χ0v) is 6.02. The minimum atomic E-state index is 0.895. The number of hydrogen-bond donors (Lipinski definition) is 0. The van der Waals surface area contributed by atoms with Crippen molar-refractivity contribution in [1.29, 1.82) is 0 Å². The third-order valence-electron chi connectivity index (χ3n) is 1.49. The molecule has 1 aliphatic heterocycles. The summed E-state index contributed by atoms with van der Waals surface area (Å²) in [5.41, 5.74) is 0. The fourth-order valence-electron chi connectivity index (χ4n) is 0.817. The van der Waals surface area contributed by atoms with Crippen molar-refractivity contribution in [3.63, 3.8) is 0 Å². The molecule has 1 aliphatic rings. The van der Waals surface area contributed by atoms with Crippen molar-refractivity contribution in [2.24, 2.45) is 0 Å². The van der Waals surface area contributed by atoms with Crippen molar-refractivity contribution in [1.82, 2.24) is 0 Å². The molecule has 0 aromatic carbocycles. The van der Waals surface area contributed by atoms with Gasteiger partial charge in [0, 0.05) is 0 Å².